The van der Waals surface area contributed by atoms with Crippen molar-refractivity contribution >= 4 is 34.9 Å². The fraction of sp³-hybridized carbons (Fsp3) is 0.118. The lowest BCUT2D eigenvalue weighted by Gasteiger charge is -2.12. The smallest absolute Gasteiger partial charge is 0.293 e. The molecule has 1 aliphatic rings. The molecule has 3 rings (SSSR count). The van der Waals surface area contributed by atoms with E-state index in [-0.39, 0.29) is 29.6 Å². The summed E-state index contributed by atoms with van der Waals surface area (Å²) >= 11 is 0.811. The Labute approximate surface area is 146 Å². The summed E-state index contributed by atoms with van der Waals surface area (Å²) in [6.45, 7) is 0.166. The molecule has 8 heteroatoms. The van der Waals surface area contributed by atoms with Crippen LogP contribution in [0.5, 0.6) is 0 Å². The molecule has 1 N–H and O–H groups in total. The second-order valence-corrected chi connectivity index (χ2v) is 6.11. The standard InChI is InChI=1S/C17H13FN2O4S/c18-12-5-3-11(4-6-12)10-14-16(22)20(17(23)25-14)8-7-19-15(21)13-2-1-9-24-13/h1-6,9-10H,7-8H2,(H,19,21)/b14-10-. The number of nitrogens with zero attached hydrogens (tertiary/aromatic N) is 1. The molecule has 25 heavy (non-hydrogen) atoms. The summed E-state index contributed by atoms with van der Waals surface area (Å²) in [6, 6.07) is 8.70. The number of rotatable bonds is 5. The topological polar surface area (TPSA) is 79.6 Å². The summed E-state index contributed by atoms with van der Waals surface area (Å²) < 4.78 is 17.9. The number of carbonyl (C=O) groups excluding carboxylic acids is 3. The van der Waals surface area contributed by atoms with Gasteiger partial charge in [0.05, 0.1) is 11.2 Å². The average molecular weight is 360 g/mol. The van der Waals surface area contributed by atoms with Crippen LogP contribution in [-0.2, 0) is 4.79 Å². The number of amides is 3. The lowest BCUT2D eigenvalue weighted by Crippen LogP contribution is -2.37. The van der Waals surface area contributed by atoms with Crippen molar-refractivity contribution in [2.24, 2.45) is 0 Å². The minimum Gasteiger partial charge on any atom is -0.459 e. The molecule has 0 bridgehead atoms. The van der Waals surface area contributed by atoms with E-state index < -0.39 is 17.1 Å². The maximum atomic E-state index is 12.9. The van der Waals surface area contributed by atoms with Gasteiger partial charge in [0.1, 0.15) is 5.82 Å². The van der Waals surface area contributed by atoms with E-state index in [0.29, 0.717) is 5.56 Å². The van der Waals surface area contributed by atoms with Gasteiger partial charge in [0.15, 0.2) is 5.76 Å². The van der Waals surface area contributed by atoms with Gasteiger partial charge in [0, 0.05) is 13.1 Å². The van der Waals surface area contributed by atoms with Gasteiger partial charge in [-0.15, -0.1) is 0 Å². The molecule has 1 aromatic carbocycles. The molecule has 0 aliphatic carbocycles. The van der Waals surface area contributed by atoms with Crippen LogP contribution in [-0.4, -0.2) is 35.0 Å². The first-order valence-electron chi connectivity index (χ1n) is 7.37. The second-order valence-electron chi connectivity index (χ2n) is 5.12. The van der Waals surface area contributed by atoms with Crippen LogP contribution in [0.25, 0.3) is 6.08 Å². The Hall–Kier alpha value is -2.87. The summed E-state index contributed by atoms with van der Waals surface area (Å²) in [5, 5.41) is 2.16. The van der Waals surface area contributed by atoms with Crippen molar-refractivity contribution in [2.75, 3.05) is 13.1 Å². The number of benzene rings is 1. The van der Waals surface area contributed by atoms with E-state index in [1.807, 2.05) is 0 Å². The summed E-state index contributed by atoms with van der Waals surface area (Å²) in [6.07, 6.45) is 2.91. The number of hydrogen-bond donors (Lipinski definition) is 1. The normalized spacial score (nSPS) is 15.9. The molecule has 1 fully saturated rings. The van der Waals surface area contributed by atoms with Crippen molar-refractivity contribution in [3.63, 3.8) is 0 Å². The van der Waals surface area contributed by atoms with E-state index in [4.69, 9.17) is 4.42 Å². The van der Waals surface area contributed by atoms with Crippen LogP contribution < -0.4 is 5.32 Å². The minimum atomic E-state index is -0.438. The van der Waals surface area contributed by atoms with E-state index in [0.717, 1.165) is 16.7 Å². The number of thioether (sulfide) groups is 1. The van der Waals surface area contributed by atoms with Crippen molar-refractivity contribution in [1.29, 1.82) is 0 Å². The molecular weight excluding hydrogens is 347 g/mol. The first kappa shape index (κ1) is 17.0. The third-order valence-electron chi connectivity index (χ3n) is 3.41. The molecule has 2 aromatic rings. The van der Waals surface area contributed by atoms with Gasteiger partial charge in [0.2, 0.25) is 0 Å². The highest BCUT2D eigenvalue weighted by Crippen LogP contribution is 2.31. The summed E-state index contributed by atoms with van der Waals surface area (Å²) in [4.78, 5) is 37.3. The van der Waals surface area contributed by atoms with Crippen molar-refractivity contribution < 1.29 is 23.2 Å². The van der Waals surface area contributed by atoms with E-state index in [2.05, 4.69) is 5.32 Å². The highest BCUT2D eigenvalue weighted by Gasteiger charge is 2.34. The van der Waals surface area contributed by atoms with Gasteiger partial charge >= 0.3 is 0 Å². The number of hydrogen-bond acceptors (Lipinski definition) is 5. The fourth-order valence-corrected chi connectivity index (χ4v) is 3.04. The quantitative estimate of drug-likeness (QED) is 0.830. The van der Waals surface area contributed by atoms with Crippen LogP contribution in [0.3, 0.4) is 0 Å². The Kier molecular flexibility index (Phi) is 4.99. The third-order valence-corrected chi connectivity index (χ3v) is 4.31. The van der Waals surface area contributed by atoms with Gasteiger partial charge in [-0.2, -0.15) is 0 Å². The van der Waals surface area contributed by atoms with Gasteiger partial charge in [-0.1, -0.05) is 12.1 Å². The first-order valence-corrected chi connectivity index (χ1v) is 8.19. The zero-order valence-corrected chi connectivity index (χ0v) is 13.7. The van der Waals surface area contributed by atoms with Crippen LogP contribution in [0.2, 0.25) is 0 Å². The van der Waals surface area contributed by atoms with Crippen LogP contribution in [0, 0.1) is 5.82 Å². The van der Waals surface area contributed by atoms with Gasteiger partial charge in [-0.3, -0.25) is 19.3 Å². The second kappa shape index (κ2) is 7.35. The van der Waals surface area contributed by atoms with E-state index in [1.165, 1.54) is 42.7 Å². The predicted octanol–water partition coefficient (Wildman–Crippen LogP) is 2.89. The van der Waals surface area contributed by atoms with Crippen molar-refractivity contribution in [1.82, 2.24) is 10.2 Å². The van der Waals surface area contributed by atoms with E-state index >= 15 is 0 Å². The van der Waals surface area contributed by atoms with Crippen LogP contribution >= 0.6 is 11.8 Å². The van der Waals surface area contributed by atoms with E-state index in [1.54, 1.807) is 6.07 Å². The zero-order valence-electron chi connectivity index (χ0n) is 12.9. The molecule has 0 unspecified atom stereocenters. The zero-order chi connectivity index (χ0) is 17.8. The maximum absolute atomic E-state index is 12.9. The highest BCUT2D eigenvalue weighted by atomic mass is 32.2. The Morgan fingerprint density at radius 2 is 2.00 bits per heavy atom. The predicted molar refractivity (Wildman–Crippen MR) is 90.1 cm³/mol. The van der Waals surface area contributed by atoms with Crippen LogP contribution in [0.1, 0.15) is 16.1 Å². The molecule has 2 heterocycles. The maximum Gasteiger partial charge on any atom is 0.293 e. The summed E-state index contributed by atoms with van der Waals surface area (Å²) in [5.74, 6) is -1.08. The SMILES string of the molecule is O=C(NCCN1C(=O)S/C(=C\c2ccc(F)cc2)C1=O)c1ccco1. The van der Waals surface area contributed by atoms with Gasteiger partial charge in [-0.05, 0) is 47.7 Å². The molecule has 6 nitrogen and oxygen atoms in total. The molecule has 1 aromatic heterocycles. The van der Waals surface area contributed by atoms with Gasteiger partial charge < -0.3 is 9.73 Å². The Morgan fingerprint density at radius 3 is 2.68 bits per heavy atom. The molecule has 1 saturated heterocycles. The number of nitrogens with one attached hydrogen (secondary N) is 1. The number of halogens is 1. The molecule has 0 spiro atoms. The Bertz CT molecular complexity index is 831. The first-order chi connectivity index (χ1) is 12.0. The summed E-state index contributed by atoms with van der Waals surface area (Å²) in [7, 11) is 0. The molecule has 0 radical (unpaired) electrons. The van der Waals surface area contributed by atoms with Gasteiger partial charge in [-0.25, -0.2) is 4.39 Å². The lowest BCUT2D eigenvalue weighted by atomic mass is 10.2. The van der Waals surface area contributed by atoms with Crippen LogP contribution in [0.4, 0.5) is 9.18 Å². The van der Waals surface area contributed by atoms with E-state index in [9.17, 15) is 18.8 Å². The molecular formula is C17H13FN2O4S. The third kappa shape index (κ3) is 3.97. The molecule has 0 saturated carbocycles. The van der Waals surface area contributed by atoms with Crippen molar-refractivity contribution in [3.8, 4) is 0 Å². The van der Waals surface area contributed by atoms with Gasteiger partial charge in [0.25, 0.3) is 17.1 Å². The average Bonchev–Trinajstić information content (AvgIpc) is 3.21. The number of carbonyl (C=O) groups is 3. The lowest BCUT2D eigenvalue weighted by molar-refractivity contribution is -0.122. The van der Waals surface area contributed by atoms with Crippen molar-refractivity contribution in [2.45, 2.75) is 0 Å². The fourth-order valence-electron chi connectivity index (χ4n) is 2.18. The summed E-state index contributed by atoms with van der Waals surface area (Å²) in [5.41, 5.74) is 0.623. The van der Waals surface area contributed by atoms with Crippen molar-refractivity contribution in [3.05, 3.63) is 64.7 Å². The largest absolute Gasteiger partial charge is 0.459 e. The minimum absolute atomic E-state index is 0.0534. The monoisotopic (exact) mass is 360 g/mol. The highest BCUT2D eigenvalue weighted by molar-refractivity contribution is 8.18. The molecule has 0 atom stereocenters. The number of furan rings is 1. The molecule has 3 amide bonds. The molecule has 128 valence electrons. The Morgan fingerprint density at radius 1 is 1.24 bits per heavy atom. The number of imide groups is 1. The molecule has 1 aliphatic heterocycles. The Balaban J connectivity index is 1.59. The van der Waals surface area contributed by atoms with Crippen LogP contribution in [0.15, 0.2) is 52.0 Å².